The second-order valence-electron chi connectivity index (χ2n) is 8.00. The molecule has 1 N–H and O–H groups in total. The maximum Gasteiger partial charge on any atom is 0.445 e. The van der Waals surface area contributed by atoms with Crippen LogP contribution in [-0.4, -0.2) is 49.6 Å². The highest BCUT2D eigenvalue weighted by Crippen LogP contribution is 2.33. The van der Waals surface area contributed by atoms with Crippen LogP contribution < -0.4 is 19.5 Å². The minimum absolute atomic E-state index is 0.154. The highest BCUT2D eigenvalue weighted by atomic mass is 32.1. The molecule has 1 heterocycles. The quantitative estimate of drug-likeness (QED) is 0.182. The minimum atomic E-state index is -4.68. The van der Waals surface area contributed by atoms with Gasteiger partial charge in [-0.05, 0) is 60.9 Å². The number of nitrogens with zero attached hydrogens (tertiary/aromatic N) is 3. The molecule has 206 valence electrons. The first kappa shape index (κ1) is 29.4. The fraction of sp³-hybridized carbons (Fsp3) is 0.308. The molecule has 9 nitrogen and oxygen atoms in total. The van der Waals surface area contributed by atoms with E-state index < -0.39 is 17.1 Å². The number of aryl methyl sites for hydroxylation is 2. The first-order chi connectivity index (χ1) is 18.6. The number of anilines is 1. The van der Waals surface area contributed by atoms with Crippen molar-refractivity contribution in [3.63, 3.8) is 0 Å². The summed E-state index contributed by atoms with van der Waals surface area (Å²) in [5.74, 6) is 0.615. The number of aromatic nitrogens is 2. The molecule has 0 fully saturated rings. The zero-order valence-corrected chi connectivity index (χ0v) is 22.1. The van der Waals surface area contributed by atoms with E-state index in [0.717, 1.165) is 11.3 Å². The van der Waals surface area contributed by atoms with Crippen molar-refractivity contribution in [3.8, 4) is 23.3 Å². The lowest BCUT2D eigenvalue weighted by Crippen LogP contribution is -2.13. The summed E-state index contributed by atoms with van der Waals surface area (Å²) in [7, 11) is 1.43. The van der Waals surface area contributed by atoms with Crippen LogP contribution in [0.2, 0.25) is 0 Å². The van der Waals surface area contributed by atoms with Crippen molar-refractivity contribution in [2.24, 2.45) is 0 Å². The molecule has 0 saturated heterocycles. The third kappa shape index (κ3) is 8.69. The molecule has 0 spiro atoms. The first-order valence-corrected chi connectivity index (χ1v) is 12.3. The fourth-order valence-electron chi connectivity index (χ4n) is 3.10. The van der Waals surface area contributed by atoms with Gasteiger partial charge in [0.2, 0.25) is 10.1 Å². The summed E-state index contributed by atoms with van der Waals surface area (Å²) in [6.45, 7) is 5.38. The summed E-state index contributed by atoms with van der Waals surface area (Å²) < 4.78 is 60.3. The maximum absolute atomic E-state index is 12.7. The van der Waals surface area contributed by atoms with Gasteiger partial charge in [0.05, 0.1) is 20.3 Å². The number of halogens is 3. The van der Waals surface area contributed by atoms with Gasteiger partial charge >= 0.3 is 6.18 Å². The van der Waals surface area contributed by atoms with Crippen molar-refractivity contribution >= 4 is 28.5 Å². The van der Waals surface area contributed by atoms with Gasteiger partial charge in [0.15, 0.2) is 11.5 Å². The van der Waals surface area contributed by atoms with Gasteiger partial charge in [-0.3, -0.25) is 10.1 Å². The molecular weight excluding hydrogens is 537 g/mol. The molecule has 0 saturated carbocycles. The Morgan fingerprint density at radius 1 is 1.03 bits per heavy atom. The van der Waals surface area contributed by atoms with E-state index in [9.17, 15) is 23.2 Å². The number of nitrogens with one attached hydrogen (secondary N) is 1. The number of methoxy groups -OCH3 is 1. The van der Waals surface area contributed by atoms with E-state index in [1.165, 1.54) is 18.7 Å². The number of amides is 1. The zero-order valence-electron chi connectivity index (χ0n) is 21.3. The largest absolute Gasteiger partial charge is 0.493 e. The van der Waals surface area contributed by atoms with Crippen LogP contribution >= 0.6 is 11.3 Å². The lowest BCUT2D eigenvalue weighted by atomic mass is 10.1. The Labute approximate surface area is 226 Å². The Kier molecular flexibility index (Phi) is 10.2. The number of hydrogen-bond donors (Lipinski definition) is 1. The molecule has 39 heavy (non-hydrogen) atoms. The maximum atomic E-state index is 12.7. The highest BCUT2D eigenvalue weighted by Gasteiger charge is 2.35. The highest BCUT2D eigenvalue weighted by molar-refractivity contribution is 7.15. The predicted molar refractivity (Wildman–Crippen MR) is 138 cm³/mol. The van der Waals surface area contributed by atoms with Gasteiger partial charge < -0.3 is 18.9 Å². The summed E-state index contributed by atoms with van der Waals surface area (Å²) in [5.41, 5.74) is 2.42. The van der Waals surface area contributed by atoms with E-state index in [1.54, 1.807) is 24.3 Å². The second kappa shape index (κ2) is 13.6. The van der Waals surface area contributed by atoms with Crippen LogP contribution in [0.5, 0.6) is 17.2 Å². The smallest absolute Gasteiger partial charge is 0.445 e. The molecule has 13 heteroatoms. The molecule has 0 radical (unpaired) electrons. The molecule has 1 aromatic heterocycles. The summed E-state index contributed by atoms with van der Waals surface area (Å²) in [4.78, 5) is 12.4. The van der Waals surface area contributed by atoms with E-state index in [-0.39, 0.29) is 28.6 Å². The topological polar surface area (TPSA) is 116 Å². The van der Waals surface area contributed by atoms with Crippen LogP contribution in [0, 0.1) is 25.2 Å². The Bertz CT molecular complexity index is 1370. The van der Waals surface area contributed by atoms with Crippen LogP contribution in [0.3, 0.4) is 0 Å². The summed E-state index contributed by atoms with van der Waals surface area (Å²) in [6.07, 6.45) is -3.43. The second-order valence-corrected chi connectivity index (χ2v) is 8.98. The summed E-state index contributed by atoms with van der Waals surface area (Å²) in [5, 5.41) is 16.2. The Hall–Kier alpha value is -4.15. The first-order valence-electron chi connectivity index (χ1n) is 11.5. The van der Waals surface area contributed by atoms with Crippen molar-refractivity contribution in [3.05, 3.63) is 63.7 Å². The molecule has 3 rings (SSSR count). The number of carbonyl (C=O) groups is 1. The molecule has 0 aliphatic heterocycles. The molecule has 1 amide bonds. The van der Waals surface area contributed by atoms with Crippen molar-refractivity contribution in [2.75, 3.05) is 38.9 Å². The Balaban J connectivity index is 1.49. The average molecular weight is 563 g/mol. The number of hydrogen-bond acceptors (Lipinski definition) is 9. The van der Waals surface area contributed by atoms with E-state index in [4.69, 9.17) is 18.9 Å². The molecule has 0 atom stereocenters. The van der Waals surface area contributed by atoms with Gasteiger partial charge in [-0.2, -0.15) is 18.4 Å². The van der Waals surface area contributed by atoms with Crippen molar-refractivity contribution in [1.82, 2.24) is 10.2 Å². The summed E-state index contributed by atoms with van der Waals surface area (Å²) >= 11 is 0.154. The van der Waals surface area contributed by atoms with E-state index in [2.05, 4.69) is 15.5 Å². The van der Waals surface area contributed by atoms with Gasteiger partial charge in [0.25, 0.3) is 5.91 Å². The number of nitriles is 1. The van der Waals surface area contributed by atoms with Crippen LogP contribution in [0.1, 0.15) is 21.7 Å². The third-order valence-electron chi connectivity index (χ3n) is 5.21. The van der Waals surface area contributed by atoms with Gasteiger partial charge in [-0.1, -0.05) is 23.5 Å². The molecule has 0 bridgehead atoms. The monoisotopic (exact) mass is 562 g/mol. The number of alkyl halides is 3. The van der Waals surface area contributed by atoms with E-state index >= 15 is 0 Å². The molecule has 3 aromatic rings. The summed E-state index contributed by atoms with van der Waals surface area (Å²) in [6, 6.07) is 12.3. The van der Waals surface area contributed by atoms with Crippen LogP contribution in [-0.2, 0) is 15.7 Å². The molecule has 0 aliphatic carbocycles. The minimum Gasteiger partial charge on any atom is -0.493 e. The Morgan fingerprint density at radius 2 is 1.77 bits per heavy atom. The van der Waals surface area contributed by atoms with Crippen LogP contribution in [0.15, 0.2) is 42.0 Å². The molecule has 0 unspecified atom stereocenters. The van der Waals surface area contributed by atoms with Crippen LogP contribution in [0.25, 0.3) is 6.08 Å². The average Bonchev–Trinajstić information content (AvgIpc) is 3.38. The van der Waals surface area contributed by atoms with Crippen LogP contribution in [0.4, 0.5) is 18.3 Å². The number of benzene rings is 2. The number of rotatable bonds is 12. The Morgan fingerprint density at radius 3 is 2.41 bits per heavy atom. The van der Waals surface area contributed by atoms with Gasteiger partial charge in [0, 0.05) is 0 Å². The van der Waals surface area contributed by atoms with Crippen molar-refractivity contribution < 1.29 is 36.9 Å². The van der Waals surface area contributed by atoms with Gasteiger partial charge in [0.1, 0.15) is 30.6 Å². The third-order valence-corrected chi connectivity index (χ3v) is 6.10. The number of carbonyl (C=O) groups excluding carboxylic acids is 1. The van der Waals surface area contributed by atoms with E-state index in [0.29, 0.717) is 36.9 Å². The SMILES string of the molecule is COc1cc(/C=C(/C#N)C(=O)Nc2nnc(C(F)(F)F)s2)ccc1OCCOCCOc1ccc(C)c(C)c1. The predicted octanol–water partition coefficient (Wildman–Crippen LogP) is 5.20. The fourth-order valence-corrected chi connectivity index (χ4v) is 3.70. The lowest BCUT2D eigenvalue weighted by Gasteiger charge is -2.12. The van der Waals surface area contributed by atoms with Gasteiger partial charge in [-0.15, -0.1) is 10.2 Å². The van der Waals surface area contributed by atoms with Crippen molar-refractivity contribution in [2.45, 2.75) is 20.0 Å². The molecule has 0 aliphatic rings. The molecule has 2 aromatic carbocycles. The van der Waals surface area contributed by atoms with E-state index in [1.807, 2.05) is 32.0 Å². The normalized spacial score (nSPS) is 11.6. The van der Waals surface area contributed by atoms with Gasteiger partial charge in [-0.25, -0.2) is 0 Å². The lowest BCUT2D eigenvalue weighted by molar-refractivity contribution is -0.138. The number of ether oxygens (including phenoxy) is 4. The molecular formula is C26H25F3N4O5S. The van der Waals surface area contributed by atoms with Crippen molar-refractivity contribution in [1.29, 1.82) is 5.26 Å². The standard InChI is InChI=1S/C26H25F3N4O5S/c1-16-4-6-20(12-17(16)2)37-10-8-36-9-11-38-21-7-5-18(14-22(21)35-3)13-19(15-30)23(34)31-25-33-32-24(39-25)26(27,28)29/h4-7,12-14H,8-11H2,1-3H3,(H,31,33,34)/b19-13-. The zero-order chi connectivity index (χ0) is 28.4.